The first-order valence-corrected chi connectivity index (χ1v) is 10.2. The SMILES string of the molecule is CCN(Cc1ccc(C(=O)NC(C)C(=O)O)cc1)c1nc(-c2ccccc2)cs1. The summed E-state index contributed by atoms with van der Waals surface area (Å²) in [5, 5.41) is 14.4. The van der Waals surface area contributed by atoms with E-state index in [0.717, 1.165) is 28.5 Å². The fourth-order valence-corrected chi connectivity index (χ4v) is 3.69. The monoisotopic (exact) mass is 409 g/mol. The Morgan fingerprint density at radius 3 is 2.45 bits per heavy atom. The zero-order chi connectivity index (χ0) is 20.8. The number of amides is 1. The van der Waals surface area contributed by atoms with Gasteiger partial charge in [-0.1, -0.05) is 42.5 Å². The van der Waals surface area contributed by atoms with Gasteiger partial charge in [-0.25, -0.2) is 4.98 Å². The van der Waals surface area contributed by atoms with Gasteiger partial charge in [0.25, 0.3) is 5.91 Å². The number of aliphatic carboxylic acids is 1. The number of rotatable bonds is 8. The first kappa shape index (κ1) is 20.5. The van der Waals surface area contributed by atoms with E-state index in [2.05, 4.69) is 22.5 Å². The van der Waals surface area contributed by atoms with Gasteiger partial charge in [-0.2, -0.15) is 0 Å². The molecule has 1 aromatic heterocycles. The van der Waals surface area contributed by atoms with Crippen LogP contribution in [0, 0.1) is 0 Å². The molecule has 3 aromatic rings. The number of nitrogens with one attached hydrogen (secondary N) is 1. The number of carbonyl (C=O) groups is 2. The molecular weight excluding hydrogens is 386 g/mol. The third-order valence-corrected chi connectivity index (χ3v) is 5.42. The maximum absolute atomic E-state index is 12.1. The van der Waals surface area contributed by atoms with Crippen molar-refractivity contribution in [3.05, 3.63) is 71.1 Å². The van der Waals surface area contributed by atoms with Crippen molar-refractivity contribution in [2.45, 2.75) is 26.4 Å². The third kappa shape index (κ3) is 5.20. The summed E-state index contributed by atoms with van der Waals surface area (Å²) in [5.41, 5.74) is 3.54. The number of nitrogens with zero attached hydrogens (tertiary/aromatic N) is 2. The number of hydrogen-bond acceptors (Lipinski definition) is 5. The molecule has 3 rings (SSSR count). The summed E-state index contributed by atoms with van der Waals surface area (Å²) < 4.78 is 0. The average molecular weight is 410 g/mol. The van der Waals surface area contributed by atoms with Crippen molar-refractivity contribution >= 4 is 28.3 Å². The molecule has 0 aliphatic carbocycles. The van der Waals surface area contributed by atoms with Gasteiger partial charge in [-0.05, 0) is 31.5 Å². The van der Waals surface area contributed by atoms with Crippen LogP contribution in [0.25, 0.3) is 11.3 Å². The minimum absolute atomic E-state index is 0.397. The molecule has 0 aliphatic rings. The molecular formula is C22H23N3O3S. The van der Waals surface area contributed by atoms with E-state index < -0.39 is 17.9 Å². The molecule has 0 spiro atoms. The second kappa shape index (κ2) is 9.34. The highest BCUT2D eigenvalue weighted by molar-refractivity contribution is 7.14. The van der Waals surface area contributed by atoms with Crippen LogP contribution in [0.3, 0.4) is 0 Å². The van der Waals surface area contributed by atoms with Crippen molar-refractivity contribution in [2.24, 2.45) is 0 Å². The number of thiazole rings is 1. The number of carboxylic acid groups (broad SMARTS) is 1. The Morgan fingerprint density at radius 2 is 1.83 bits per heavy atom. The minimum Gasteiger partial charge on any atom is -0.480 e. The standard InChI is InChI=1S/C22H23N3O3S/c1-3-25(22-24-19(14-29-22)17-7-5-4-6-8-17)13-16-9-11-18(12-10-16)20(26)23-15(2)21(27)28/h4-12,14-15H,3,13H2,1-2H3,(H,23,26)(H,27,28). The average Bonchev–Trinajstić information content (AvgIpc) is 3.23. The zero-order valence-corrected chi connectivity index (χ0v) is 17.1. The van der Waals surface area contributed by atoms with Crippen LogP contribution in [-0.2, 0) is 11.3 Å². The molecule has 7 heteroatoms. The van der Waals surface area contributed by atoms with Crippen molar-refractivity contribution in [2.75, 3.05) is 11.4 Å². The highest BCUT2D eigenvalue weighted by Gasteiger charge is 2.16. The van der Waals surface area contributed by atoms with Crippen molar-refractivity contribution in [3.8, 4) is 11.3 Å². The predicted molar refractivity (Wildman–Crippen MR) is 115 cm³/mol. The van der Waals surface area contributed by atoms with Gasteiger partial charge in [0.2, 0.25) is 0 Å². The summed E-state index contributed by atoms with van der Waals surface area (Å²) in [5.74, 6) is -1.46. The largest absolute Gasteiger partial charge is 0.480 e. The van der Waals surface area contributed by atoms with Gasteiger partial charge in [-0.3, -0.25) is 9.59 Å². The molecule has 1 atom stereocenters. The Balaban J connectivity index is 1.68. The molecule has 150 valence electrons. The van der Waals surface area contributed by atoms with E-state index in [1.807, 2.05) is 42.5 Å². The number of anilines is 1. The summed E-state index contributed by atoms with van der Waals surface area (Å²) in [6, 6.07) is 16.3. The van der Waals surface area contributed by atoms with Crippen LogP contribution in [0.2, 0.25) is 0 Å². The van der Waals surface area contributed by atoms with E-state index in [4.69, 9.17) is 10.1 Å². The molecule has 6 nitrogen and oxygen atoms in total. The van der Waals surface area contributed by atoms with Crippen LogP contribution >= 0.6 is 11.3 Å². The molecule has 1 amide bonds. The van der Waals surface area contributed by atoms with Crippen molar-refractivity contribution in [1.82, 2.24) is 10.3 Å². The number of carboxylic acids is 1. The Bertz CT molecular complexity index is 970. The Hall–Kier alpha value is -3.19. The number of hydrogen-bond donors (Lipinski definition) is 2. The molecule has 1 unspecified atom stereocenters. The van der Waals surface area contributed by atoms with E-state index in [1.165, 1.54) is 6.92 Å². The second-order valence-corrected chi connectivity index (χ2v) is 7.46. The molecule has 0 radical (unpaired) electrons. The lowest BCUT2D eigenvalue weighted by Crippen LogP contribution is -2.38. The van der Waals surface area contributed by atoms with Crippen LogP contribution in [0.15, 0.2) is 60.0 Å². The van der Waals surface area contributed by atoms with E-state index >= 15 is 0 Å². The smallest absolute Gasteiger partial charge is 0.325 e. The van der Waals surface area contributed by atoms with Crippen LogP contribution in [0.5, 0.6) is 0 Å². The van der Waals surface area contributed by atoms with E-state index in [0.29, 0.717) is 12.1 Å². The molecule has 2 aromatic carbocycles. The third-order valence-electron chi connectivity index (χ3n) is 4.52. The fourth-order valence-electron chi connectivity index (χ4n) is 2.79. The van der Waals surface area contributed by atoms with Gasteiger partial charge in [0, 0.05) is 29.6 Å². The van der Waals surface area contributed by atoms with Crippen molar-refractivity contribution in [3.63, 3.8) is 0 Å². The number of benzene rings is 2. The summed E-state index contributed by atoms with van der Waals surface area (Å²) in [4.78, 5) is 29.9. The lowest BCUT2D eigenvalue weighted by Gasteiger charge is -2.20. The summed E-state index contributed by atoms with van der Waals surface area (Å²) in [6.45, 7) is 5.00. The molecule has 0 bridgehead atoms. The Morgan fingerprint density at radius 1 is 1.14 bits per heavy atom. The van der Waals surface area contributed by atoms with Crippen LogP contribution in [0.1, 0.15) is 29.8 Å². The van der Waals surface area contributed by atoms with Crippen molar-refractivity contribution in [1.29, 1.82) is 0 Å². The van der Waals surface area contributed by atoms with Crippen LogP contribution < -0.4 is 10.2 Å². The normalized spacial score (nSPS) is 11.7. The summed E-state index contributed by atoms with van der Waals surface area (Å²) >= 11 is 1.61. The van der Waals surface area contributed by atoms with Gasteiger partial charge in [0.15, 0.2) is 5.13 Å². The maximum atomic E-state index is 12.1. The van der Waals surface area contributed by atoms with E-state index in [1.54, 1.807) is 23.5 Å². The van der Waals surface area contributed by atoms with Gasteiger partial charge >= 0.3 is 5.97 Å². The molecule has 1 heterocycles. The van der Waals surface area contributed by atoms with Gasteiger partial charge < -0.3 is 15.3 Å². The van der Waals surface area contributed by atoms with Crippen LogP contribution in [-0.4, -0.2) is 34.6 Å². The predicted octanol–water partition coefficient (Wildman–Crippen LogP) is 4.04. The van der Waals surface area contributed by atoms with Crippen molar-refractivity contribution < 1.29 is 14.7 Å². The van der Waals surface area contributed by atoms with E-state index in [9.17, 15) is 9.59 Å². The Kier molecular flexibility index (Phi) is 6.61. The number of carbonyl (C=O) groups excluding carboxylic acids is 1. The lowest BCUT2D eigenvalue weighted by molar-refractivity contribution is -0.138. The minimum atomic E-state index is -1.06. The molecule has 29 heavy (non-hydrogen) atoms. The fraction of sp³-hybridized carbons (Fsp3) is 0.227. The molecule has 0 fully saturated rings. The number of aromatic nitrogens is 1. The maximum Gasteiger partial charge on any atom is 0.325 e. The highest BCUT2D eigenvalue weighted by atomic mass is 32.1. The summed E-state index contributed by atoms with van der Waals surface area (Å²) in [7, 11) is 0. The summed E-state index contributed by atoms with van der Waals surface area (Å²) in [6.07, 6.45) is 0. The topological polar surface area (TPSA) is 82.5 Å². The second-order valence-electron chi connectivity index (χ2n) is 6.63. The van der Waals surface area contributed by atoms with E-state index in [-0.39, 0.29) is 0 Å². The first-order valence-electron chi connectivity index (χ1n) is 9.36. The molecule has 2 N–H and O–H groups in total. The van der Waals surface area contributed by atoms with Gasteiger partial charge in [-0.15, -0.1) is 11.3 Å². The zero-order valence-electron chi connectivity index (χ0n) is 16.3. The Labute approximate surface area is 173 Å². The lowest BCUT2D eigenvalue weighted by atomic mass is 10.1. The van der Waals surface area contributed by atoms with Gasteiger partial charge in [0.1, 0.15) is 6.04 Å². The molecule has 0 saturated heterocycles. The van der Waals surface area contributed by atoms with Gasteiger partial charge in [0.05, 0.1) is 5.69 Å². The van der Waals surface area contributed by atoms with Crippen LogP contribution in [0.4, 0.5) is 5.13 Å². The highest BCUT2D eigenvalue weighted by Crippen LogP contribution is 2.28. The first-order chi connectivity index (χ1) is 14.0. The molecule has 0 saturated carbocycles. The molecule has 0 aliphatic heterocycles. The quantitative estimate of drug-likeness (QED) is 0.587.